The van der Waals surface area contributed by atoms with Gasteiger partial charge in [-0.2, -0.15) is 0 Å². The zero-order valence-corrected chi connectivity index (χ0v) is 10.5. The van der Waals surface area contributed by atoms with Crippen molar-refractivity contribution in [3.05, 3.63) is 29.8 Å². The lowest BCUT2D eigenvalue weighted by Gasteiger charge is -2.16. The molecule has 0 bridgehead atoms. The molecule has 94 valence electrons. The summed E-state index contributed by atoms with van der Waals surface area (Å²) in [7, 11) is 0. The molecule has 0 unspecified atom stereocenters. The molecule has 2 N–H and O–H groups in total. The summed E-state index contributed by atoms with van der Waals surface area (Å²) in [6.07, 6.45) is 0. The zero-order chi connectivity index (χ0) is 12.9. The average Bonchev–Trinajstić information content (AvgIpc) is 2.23. The lowest BCUT2D eigenvalue weighted by molar-refractivity contribution is -0.136. The van der Waals surface area contributed by atoms with Gasteiger partial charge in [0.15, 0.2) is 0 Å². The van der Waals surface area contributed by atoms with Gasteiger partial charge in [0.1, 0.15) is 18.0 Å². The molecule has 0 fully saturated rings. The molecule has 4 nitrogen and oxygen atoms in total. The van der Waals surface area contributed by atoms with Crippen LogP contribution >= 0.6 is 0 Å². The number of amides is 1. The molecule has 4 heteroatoms. The van der Waals surface area contributed by atoms with E-state index in [4.69, 9.17) is 4.74 Å². The fraction of sp³-hybridized carbons (Fsp3) is 0.462. The van der Waals surface area contributed by atoms with Crippen LogP contribution in [-0.2, 0) is 4.79 Å². The summed E-state index contributed by atoms with van der Waals surface area (Å²) in [5.41, 5.74) is -0.216. The van der Waals surface area contributed by atoms with Crippen molar-refractivity contribution in [3.63, 3.8) is 0 Å². The Morgan fingerprint density at radius 3 is 2.76 bits per heavy atom. The first-order chi connectivity index (χ1) is 7.89. The fourth-order valence-corrected chi connectivity index (χ4v) is 1.25. The predicted octanol–water partition coefficient (Wildman–Crippen LogP) is 1.26. The molecule has 0 saturated carbocycles. The number of aryl methyl sites for hydroxylation is 1. The van der Waals surface area contributed by atoms with Gasteiger partial charge < -0.3 is 15.2 Å². The van der Waals surface area contributed by atoms with Crippen molar-refractivity contribution in [1.29, 1.82) is 0 Å². The van der Waals surface area contributed by atoms with Crippen LogP contribution in [0.25, 0.3) is 0 Å². The molecule has 0 aromatic heterocycles. The number of nitrogens with one attached hydrogen (secondary N) is 1. The number of ether oxygens (including phenoxy) is 1. The summed E-state index contributed by atoms with van der Waals surface area (Å²) >= 11 is 0. The summed E-state index contributed by atoms with van der Waals surface area (Å²) in [4.78, 5) is 11.3. The van der Waals surface area contributed by atoms with Gasteiger partial charge in [0, 0.05) is 0 Å². The van der Waals surface area contributed by atoms with E-state index >= 15 is 0 Å². The van der Waals surface area contributed by atoms with Gasteiger partial charge in [-0.25, -0.2) is 0 Å². The van der Waals surface area contributed by atoms with Crippen molar-refractivity contribution in [1.82, 2.24) is 5.32 Å². The van der Waals surface area contributed by atoms with Gasteiger partial charge in [0.25, 0.3) is 5.91 Å². The highest BCUT2D eigenvalue weighted by molar-refractivity contribution is 5.83. The van der Waals surface area contributed by atoms with Gasteiger partial charge in [0.05, 0.1) is 6.54 Å². The number of benzene rings is 1. The van der Waals surface area contributed by atoms with E-state index in [2.05, 4.69) is 5.32 Å². The molecular formula is C13H19NO3. The summed E-state index contributed by atoms with van der Waals surface area (Å²) in [5.74, 6) is 0.382. The topological polar surface area (TPSA) is 58.6 Å². The Hall–Kier alpha value is -1.55. The zero-order valence-electron chi connectivity index (χ0n) is 10.5. The minimum absolute atomic E-state index is 0.372. The number of carbonyl (C=O) groups excluding carboxylic acids is 1. The standard InChI is InChI=1S/C13H19NO3/c1-10-5-4-6-11(9-10)17-8-7-14-12(15)13(2,3)16/h4-6,9,16H,7-8H2,1-3H3,(H,14,15). The van der Waals surface area contributed by atoms with Gasteiger partial charge >= 0.3 is 0 Å². The fourth-order valence-electron chi connectivity index (χ4n) is 1.25. The number of hydrogen-bond acceptors (Lipinski definition) is 3. The van der Waals surface area contributed by atoms with Crippen molar-refractivity contribution in [2.75, 3.05) is 13.2 Å². The Bertz CT molecular complexity index is 382. The minimum Gasteiger partial charge on any atom is -0.492 e. The third-order valence-corrected chi connectivity index (χ3v) is 2.20. The number of hydrogen-bond donors (Lipinski definition) is 2. The molecule has 0 saturated heterocycles. The number of carbonyl (C=O) groups is 1. The van der Waals surface area contributed by atoms with Crippen molar-refractivity contribution in [2.24, 2.45) is 0 Å². The van der Waals surface area contributed by atoms with Crippen LogP contribution in [-0.4, -0.2) is 29.8 Å². The van der Waals surface area contributed by atoms with Gasteiger partial charge in [-0.05, 0) is 38.5 Å². The second-order valence-corrected chi connectivity index (χ2v) is 4.48. The van der Waals surface area contributed by atoms with Gasteiger partial charge in [0.2, 0.25) is 0 Å². The van der Waals surface area contributed by atoms with Crippen LogP contribution in [0.3, 0.4) is 0 Å². The van der Waals surface area contributed by atoms with Crippen molar-refractivity contribution < 1.29 is 14.6 Å². The molecule has 0 heterocycles. The van der Waals surface area contributed by atoms with Crippen molar-refractivity contribution in [3.8, 4) is 5.75 Å². The minimum atomic E-state index is -1.34. The van der Waals surface area contributed by atoms with E-state index in [1.54, 1.807) is 0 Å². The molecule has 17 heavy (non-hydrogen) atoms. The quantitative estimate of drug-likeness (QED) is 0.758. The number of rotatable bonds is 5. The van der Waals surface area contributed by atoms with Gasteiger partial charge in [-0.3, -0.25) is 4.79 Å². The highest BCUT2D eigenvalue weighted by atomic mass is 16.5. The van der Waals surface area contributed by atoms with Crippen molar-refractivity contribution >= 4 is 5.91 Å². The lowest BCUT2D eigenvalue weighted by atomic mass is 10.1. The SMILES string of the molecule is Cc1cccc(OCCNC(=O)C(C)(C)O)c1. The van der Waals surface area contributed by atoms with E-state index in [1.165, 1.54) is 13.8 Å². The predicted molar refractivity (Wildman–Crippen MR) is 66.0 cm³/mol. The molecule has 1 aromatic rings. The van der Waals surface area contributed by atoms with Crippen LogP contribution in [0.2, 0.25) is 0 Å². The van der Waals surface area contributed by atoms with E-state index in [9.17, 15) is 9.90 Å². The summed E-state index contributed by atoms with van der Waals surface area (Å²) in [6.45, 7) is 5.64. The maximum absolute atomic E-state index is 11.3. The maximum Gasteiger partial charge on any atom is 0.251 e. The highest BCUT2D eigenvalue weighted by Gasteiger charge is 2.22. The Morgan fingerprint density at radius 2 is 2.18 bits per heavy atom. The van der Waals surface area contributed by atoms with Crippen LogP contribution in [0, 0.1) is 6.92 Å². The summed E-state index contributed by atoms with van der Waals surface area (Å²) in [6, 6.07) is 7.70. The van der Waals surface area contributed by atoms with E-state index in [-0.39, 0.29) is 0 Å². The van der Waals surface area contributed by atoms with Crippen molar-refractivity contribution in [2.45, 2.75) is 26.4 Å². The second kappa shape index (κ2) is 5.68. The average molecular weight is 237 g/mol. The van der Waals surface area contributed by atoms with E-state index in [0.717, 1.165) is 11.3 Å². The molecule has 0 aliphatic heterocycles. The van der Waals surface area contributed by atoms with Crippen LogP contribution in [0.4, 0.5) is 0 Å². The molecule has 0 spiro atoms. The van der Waals surface area contributed by atoms with Gasteiger partial charge in [-0.1, -0.05) is 12.1 Å². The van der Waals surface area contributed by atoms with Crippen LogP contribution in [0.15, 0.2) is 24.3 Å². The molecular weight excluding hydrogens is 218 g/mol. The first-order valence-electron chi connectivity index (χ1n) is 5.60. The Balaban J connectivity index is 2.28. The van der Waals surface area contributed by atoms with Crippen LogP contribution < -0.4 is 10.1 Å². The third kappa shape index (κ3) is 4.87. The normalized spacial score (nSPS) is 11.1. The Morgan fingerprint density at radius 1 is 1.47 bits per heavy atom. The monoisotopic (exact) mass is 237 g/mol. The first-order valence-corrected chi connectivity index (χ1v) is 5.60. The van der Waals surface area contributed by atoms with Gasteiger partial charge in [-0.15, -0.1) is 0 Å². The molecule has 0 radical (unpaired) electrons. The second-order valence-electron chi connectivity index (χ2n) is 4.48. The molecule has 0 aliphatic rings. The largest absolute Gasteiger partial charge is 0.492 e. The smallest absolute Gasteiger partial charge is 0.251 e. The molecule has 0 atom stereocenters. The number of aliphatic hydroxyl groups is 1. The molecule has 1 amide bonds. The molecule has 1 rings (SSSR count). The molecule has 0 aliphatic carbocycles. The van der Waals surface area contributed by atoms with E-state index in [0.29, 0.717) is 13.2 Å². The van der Waals surface area contributed by atoms with Crippen LogP contribution in [0.1, 0.15) is 19.4 Å². The van der Waals surface area contributed by atoms with E-state index in [1.807, 2.05) is 31.2 Å². The Labute approximate surface area is 102 Å². The third-order valence-electron chi connectivity index (χ3n) is 2.20. The first kappa shape index (κ1) is 13.5. The highest BCUT2D eigenvalue weighted by Crippen LogP contribution is 2.11. The summed E-state index contributed by atoms with van der Waals surface area (Å²) < 4.78 is 5.45. The maximum atomic E-state index is 11.3. The summed E-state index contributed by atoms with van der Waals surface area (Å²) in [5, 5.41) is 12.0. The van der Waals surface area contributed by atoms with E-state index < -0.39 is 11.5 Å². The Kier molecular flexibility index (Phi) is 4.52. The molecule has 1 aromatic carbocycles. The van der Waals surface area contributed by atoms with Crippen LogP contribution in [0.5, 0.6) is 5.75 Å². The lowest BCUT2D eigenvalue weighted by Crippen LogP contribution is -2.43.